The van der Waals surface area contributed by atoms with Crippen LogP contribution in [0, 0.1) is 6.92 Å². The van der Waals surface area contributed by atoms with Crippen molar-refractivity contribution in [3.63, 3.8) is 0 Å². The van der Waals surface area contributed by atoms with Crippen molar-refractivity contribution in [3.8, 4) is 0 Å². The molecular weight excluding hydrogens is 394 g/mol. The minimum atomic E-state index is -3.08. The van der Waals surface area contributed by atoms with Gasteiger partial charge in [-0.1, -0.05) is 74.9 Å². The first-order valence-corrected chi connectivity index (χ1v) is 12.2. The summed E-state index contributed by atoms with van der Waals surface area (Å²) < 4.78 is 24.0. The largest absolute Gasteiger partial charge is 0.331 e. The van der Waals surface area contributed by atoms with Gasteiger partial charge in [0, 0.05) is 18.7 Å². The van der Waals surface area contributed by atoms with E-state index in [0.29, 0.717) is 13.0 Å². The van der Waals surface area contributed by atoms with E-state index in [1.165, 1.54) is 5.56 Å². The number of nitrogens with zero attached hydrogens (tertiary/aromatic N) is 1. The minimum absolute atomic E-state index is 0.0404. The van der Waals surface area contributed by atoms with Crippen LogP contribution in [0.2, 0.25) is 0 Å². The summed E-state index contributed by atoms with van der Waals surface area (Å²) >= 11 is 0. The second kappa shape index (κ2) is 8.76. The molecule has 1 aliphatic heterocycles. The van der Waals surface area contributed by atoms with Gasteiger partial charge in [0.1, 0.15) is 0 Å². The molecule has 30 heavy (non-hydrogen) atoms. The molecule has 1 aliphatic rings. The lowest BCUT2D eigenvalue weighted by atomic mass is 9.87. The first kappa shape index (κ1) is 22.3. The van der Waals surface area contributed by atoms with Crippen LogP contribution in [-0.4, -0.2) is 36.8 Å². The highest BCUT2D eigenvalue weighted by molar-refractivity contribution is 7.91. The molecule has 1 saturated heterocycles. The van der Waals surface area contributed by atoms with Crippen molar-refractivity contribution in [2.75, 3.05) is 11.5 Å². The summed E-state index contributed by atoms with van der Waals surface area (Å²) in [7, 11) is -3.08. The fraction of sp³-hybridized carbons (Fsp3) is 0.400. The number of carbonyl (C=O) groups is 1. The summed E-state index contributed by atoms with van der Waals surface area (Å²) in [5.41, 5.74) is 4.42. The third kappa shape index (κ3) is 5.82. The molecule has 2 aromatic carbocycles. The van der Waals surface area contributed by atoms with E-state index in [-0.39, 0.29) is 28.9 Å². The third-order valence-electron chi connectivity index (χ3n) is 5.60. The van der Waals surface area contributed by atoms with Crippen molar-refractivity contribution in [2.24, 2.45) is 0 Å². The highest BCUT2D eigenvalue weighted by Crippen LogP contribution is 2.23. The molecule has 3 rings (SSSR count). The zero-order chi connectivity index (χ0) is 21.9. The number of rotatable bonds is 5. The molecule has 5 heteroatoms. The molecule has 1 fully saturated rings. The van der Waals surface area contributed by atoms with Crippen molar-refractivity contribution in [3.05, 3.63) is 76.9 Å². The standard InChI is InChI=1S/C25H31NO3S/c1-19-5-7-21(8-6-19)17-26(23-15-16-30(28,29)18-23)24(27)14-11-20-9-12-22(13-10-20)25(2,3)4/h5-14,23H,15-18H2,1-4H3/b14-11+. The Morgan fingerprint density at radius 3 is 2.23 bits per heavy atom. The number of hydrogen-bond donors (Lipinski definition) is 0. The Morgan fingerprint density at radius 1 is 1.07 bits per heavy atom. The summed E-state index contributed by atoms with van der Waals surface area (Å²) in [6, 6.07) is 15.9. The van der Waals surface area contributed by atoms with Gasteiger partial charge in [-0.15, -0.1) is 0 Å². The molecule has 0 bridgehead atoms. The van der Waals surface area contributed by atoms with E-state index < -0.39 is 9.84 Å². The summed E-state index contributed by atoms with van der Waals surface area (Å²) in [4.78, 5) is 14.8. The van der Waals surface area contributed by atoms with E-state index in [2.05, 4.69) is 32.9 Å². The fourth-order valence-electron chi connectivity index (χ4n) is 3.66. The van der Waals surface area contributed by atoms with Crippen molar-refractivity contribution < 1.29 is 13.2 Å². The molecule has 1 atom stereocenters. The molecule has 1 heterocycles. The van der Waals surface area contributed by atoms with E-state index in [1.807, 2.05) is 43.3 Å². The zero-order valence-electron chi connectivity index (χ0n) is 18.3. The van der Waals surface area contributed by atoms with Gasteiger partial charge in [-0.3, -0.25) is 4.79 Å². The summed E-state index contributed by atoms with van der Waals surface area (Å²) in [5, 5.41) is 0. The number of aryl methyl sites for hydroxylation is 1. The lowest BCUT2D eigenvalue weighted by molar-refractivity contribution is -0.128. The van der Waals surface area contributed by atoms with Gasteiger partial charge in [0.25, 0.3) is 0 Å². The first-order chi connectivity index (χ1) is 14.0. The molecular formula is C25H31NO3S. The number of carbonyl (C=O) groups excluding carboxylic acids is 1. The predicted molar refractivity (Wildman–Crippen MR) is 123 cm³/mol. The number of amides is 1. The SMILES string of the molecule is Cc1ccc(CN(C(=O)/C=C/c2ccc(C(C)(C)C)cc2)C2CCS(=O)(=O)C2)cc1. The Balaban J connectivity index is 1.79. The highest BCUT2D eigenvalue weighted by atomic mass is 32.2. The number of hydrogen-bond acceptors (Lipinski definition) is 3. The molecule has 4 nitrogen and oxygen atoms in total. The van der Waals surface area contributed by atoms with Gasteiger partial charge >= 0.3 is 0 Å². The molecule has 0 N–H and O–H groups in total. The van der Waals surface area contributed by atoms with E-state index in [0.717, 1.165) is 16.7 Å². The summed E-state index contributed by atoms with van der Waals surface area (Å²) in [6.07, 6.45) is 3.86. The Kier molecular flexibility index (Phi) is 6.51. The molecule has 0 aliphatic carbocycles. The second-order valence-corrected chi connectivity index (χ2v) is 11.4. The van der Waals surface area contributed by atoms with E-state index in [4.69, 9.17) is 0 Å². The van der Waals surface area contributed by atoms with Gasteiger partial charge in [-0.25, -0.2) is 8.42 Å². The van der Waals surface area contributed by atoms with Crippen LogP contribution >= 0.6 is 0 Å². The second-order valence-electron chi connectivity index (χ2n) is 9.21. The predicted octanol–water partition coefficient (Wildman–Crippen LogP) is 4.52. The average molecular weight is 426 g/mol. The maximum Gasteiger partial charge on any atom is 0.247 e. The zero-order valence-corrected chi connectivity index (χ0v) is 19.1. The normalized spacial score (nSPS) is 18.6. The maximum absolute atomic E-state index is 13.1. The Morgan fingerprint density at radius 2 is 1.70 bits per heavy atom. The van der Waals surface area contributed by atoms with Crippen molar-refractivity contribution in [2.45, 2.75) is 52.1 Å². The van der Waals surface area contributed by atoms with Gasteiger partial charge in [-0.2, -0.15) is 0 Å². The van der Waals surface area contributed by atoms with Crippen molar-refractivity contribution in [1.29, 1.82) is 0 Å². The molecule has 2 aromatic rings. The van der Waals surface area contributed by atoms with Gasteiger partial charge < -0.3 is 4.90 Å². The summed E-state index contributed by atoms with van der Waals surface area (Å²) in [6.45, 7) is 8.93. The quantitative estimate of drug-likeness (QED) is 0.662. The van der Waals surface area contributed by atoms with Crippen molar-refractivity contribution >= 4 is 21.8 Å². The lowest BCUT2D eigenvalue weighted by Crippen LogP contribution is -2.39. The Hall–Kier alpha value is -2.40. The van der Waals surface area contributed by atoms with Gasteiger partial charge in [0.2, 0.25) is 5.91 Å². The van der Waals surface area contributed by atoms with Crippen LogP contribution in [0.3, 0.4) is 0 Å². The molecule has 1 unspecified atom stereocenters. The fourth-order valence-corrected chi connectivity index (χ4v) is 5.39. The van der Waals surface area contributed by atoms with Gasteiger partial charge in [-0.05, 0) is 41.5 Å². The molecule has 0 radical (unpaired) electrons. The van der Waals surface area contributed by atoms with E-state index >= 15 is 0 Å². The van der Waals surface area contributed by atoms with Crippen LogP contribution in [0.4, 0.5) is 0 Å². The Bertz CT molecular complexity index is 1010. The molecule has 0 saturated carbocycles. The van der Waals surface area contributed by atoms with Crippen LogP contribution in [0.5, 0.6) is 0 Å². The first-order valence-electron chi connectivity index (χ1n) is 10.4. The van der Waals surface area contributed by atoms with Crippen LogP contribution < -0.4 is 0 Å². The van der Waals surface area contributed by atoms with Crippen LogP contribution in [-0.2, 0) is 26.6 Å². The summed E-state index contributed by atoms with van der Waals surface area (Å²) in [5.74, 6) is 0.0315. The Labute approximate surface area is 180 Å². The number of sulfone groups is 1. The van der Waals surface area contributed by atoms with Crippen LogP contribution in [0.1, 0.15) is 49.4 Å². The molecule has 160 valence electrons. The lowest BCUT2D eigenvalue weighted by Gasteiger charge is -2.27. The van der Waals surface area contributed by atoms with Gasteiger partial charge in [0.15, 0.2) is 9.84 Å². The molecule has 0 spiro atoms. The van der Waals surface area contributed by atoms with Gasteiger partial charge in [0.05, 0.1) is 11.5 Å². The topological polar surface area (TPSA) is 54.5 Å². The van der Waals surface area contributed by atoms with Crippen LogP contribution in [0.25, 0.3) is 6.08 Å². The van der Waals surface area contributed by atoms with Crippen LogP contribution in [0.15, 0.2) is 54.6 Å². The average Bonchev–Trinajstić information content (AvgIpc) is 3.04. The van der Waals surface area contributed by atoms with E-state index in [9.17, 15) is 13.2 Å². The third-order valence-corrected chi connectivity index (χ3v) is 7.35. The minimum Gasteiger partial charge on any atom is -0.331 e. The highest BCUT2D eigenvalue weighted by Gasteiger charge is 2.34. The van der Waals surface area contributed by atoms with Crippen molar-refractivity contribution in [1.82, 2.24) is 4.90 Å². The van der Waals surface area contributed by atoms with E-state index in [1.54, 1.807) is 17.1 Å². The molecule has 1 amide bonds. The maximum atomic E-state index is 13.1. The molecule has 0 aromatic heterocycles. The number of benzene rings is 2. The monoisotopic (exact) mass is 425 g/mol. The smallest absolute Gasteiger partial charge is 0.247 e.